The summed E-state index contributed by atoms with van der Waals surface area (Å²) in [5.74, 6) is -0.225. The number of hydrogen-bond acceptors (Lipinski definition) is 5. The highest BCUT2D eigenvalue weighted by Gasteiger charge is 2.09. The Hall–Kier alpha value is -2.25. The van der Waals surface area contributed by atoms with Gasteiger partial charge in [0.25, 0.3) is 0 Å². The Morgan fingerprint density at radius 1 is 1.18 bits per heavy atom. The van der Waals surface area contributed by atoms with Gasteiger partial charge in [0.2, 0.25) is 10.1 Å². The first-order valence-electron chi connectivity index (χ1n) is 6.65. The van der Waals surface area contributed by atoms with Gasteiger partial charge in [0.05, 0.1) is 11.9 Å². The predicted octanol–water partition coefficient (Wildman–Crippen LogP) is 4.27. The summed E-state index contributed by atoms with van der Waals surface area (Å²) in [7, 11) is 0. The van der Waals surface area contributed by atoms with Gasteiger partial charge in [-0.15, -0.1) is 5.10 Å². The molecular formula is C15H11FN4S2. The van der Waals surface area contributed by atoms with E-state index in [4.69, 9.17) is 0 Å². The van der Waals surface area contributed by atoms with Crippen molar-refractivity contribution in [2.24, 2.45) is 0 Å². The smallest absolute Gasteiger partial charge is 0.214 e. The fraction of sp³-hybridized carbons (Fsp3) is 0.0667. The Kier molecular flexibility index (Phi) is 3.36. The van der Waals surface area contributed by atoms with E-state index in [0.717, 1.165) is 26.9 Å². The van der Waals surface area contributed by atoms with Crippen molar-refractivity contribution in [2.45, 2.75) is 6.54 Å². The van der Waals surface area contributed by atoms with E-state index in [2.05, 4.69) is 20.8 Å². The maximum absolute atomic E-state index is 12.9. The van der Waals surface area contributed by atoms with Crippen molar-refractivity contribution in [2.75, 3.05) is 5.32 Å². The molecule has 0 radical (unpaired) electrons. The Morgan fingerprint density at radius 3 is 2.77 bits per heavy atom. The SMILES string of the molecule is Fc1ccc(CNc2nn3cc(-c4ccsc4)nc3s2)cc1. The Bertz CT molecular complexity index is 862. The summed E-state index contributed by atoms with van der Waals surface area (Å²) in [4.78, 5) is 5.43. The monoisotopic (exact) mass is 330 g/mol. The molecule has 0 unspecified atom stereocenters. The van der Waals surface area contributed by atoms with Gasteiger partial charge in [-0.05, 0) is 29.1 Å². The predicted molar refractivity (Wildman–Crippen MR) is 87.9 cm³/mol. The summed E-state index contributed by atoms with van der Waals surface area (Å²) in [6.45, 7) is 0.605. The third-order valence-corrected chi connectivity index (χ3v) is 4.78. The summed E-state index contributed by atoms with van der Waals surface area (Å²) in [6, 6.07) is 8.48. The van der Waals surface area contributed by atoms with Gasteiger partial charge in [-0.2, -0.15) is 11.3 Å². The van der Waals surface area contributed by atoms with E-state index in [0.29, 0.717) is 6.54 Å². The topological polar surface area (TPSA) is 42.2 Å². The minimum atomic E-state index is -0.225. The molecule has 22 heavy (non-hydrogen) atoms. The summed E-state index contributed by atoms with van der Waals surface area (Å²) >= 11 is 3.15. The van der Waals surface area contributed by atoms with E-state index < -0.39 is 0 Å². The van der Waals surface area contributed by atoms with Crippen LogP contribution >= 0.6 is 22.7 Å². The maximum Gasteiger partial charge on any atom is 0.214 e. The fourth-order valence-corrected chi connectivity index (χ4v) is 3.53. The zero-order chi connectivity index (χ0) is 14.9. The van der Waals surface area contributed by atoms with E-state index in [1.165, 1.54) is 23.5 Å². The molecule has 0 amide bonds. The van der Waals surface area contributed by atoms with Crippen LogP contribution < -0.4 is 5.32 Å². The molecule has 0 aliphatic rings. The second kappa shape index (κ2) is 5.51. The normalized spacial score (nSPS) is 11.1. The fourth-order valence-electron chi connectivity index (χ4n) is 2.10. The van der Waals surface area contributed by atoms with Crippen LogP contribution in [0.4, 0.5) is 9.52 Å². The number of imidazole rings is 1. The van der Waals surface area contributed by atoms with Gasteiger partial charge in [0.15, 0.2) is 0 Å². The molecule has 7 heteroatoms. The summed E-state index contributed by atoms with van der Waals surface area (Å²) in [6.07, 6.45) is 1.93. The van der Waals surface area contributed by atoms with Crippen LogP contribution in [0.3, 0.4) is 0 Å². The standard InChI is InChI=1S/C15H11FN4S2/c16-12-3-1-10(2-4-12)7-17-14-19-20-8-13(18-15(20)22-14)11-5-6-21-9-11/h1-6,8-9H,7H2,(H,17,19). The van der Waals surface area contributed by atoms with Crippen molar-refractivity contribution < 1.29 is 4.39 Å². The quantitative estimate of drug-likeness (QED) is 0.607. The average Bonchev–Trinajstić information content (AvgIpc) is 3.22. The number of halogens is 1. The van der Waals surface area contributed by atoms with Gasteiger partial charge in [0.1, 0.15) is 5.82 Å². The lowest BCUT2D eigenvalue weighted by Gasteiger charge is -2.01. The van der Waals surface area contributed by atoms with Crippen LogP contribution in [0.2, 0.25) is 0 Å². The molecule has 0 saturated heterocycles. The van der Waals surface area contributed by atoms with Crippen molar-refractivity contribution in [1.82, 2.24) is 14.6 Å². The minimum Gasteiger partial charge on any atom is -0.356 e. The number of hydrogen-bond donors (Lipinski definition) is 1. The van der Waals surface area contributed by atoms with E-state index in [-0.39, 0.29) is 5.82 Å². The number of benzene rings is 1. The van der Waals surface area contributed by atoms with Gasteiger partial charge >= 0.3 is 0 Å². The lowest BCUT2D eigenvalue weighted by Crippen LogP contribution is -1.99. The van der Waals surface area contributed by atoms with Crippen LogP contribution in [0.1, 0.15) is 5.56 Å². The summed E-state index contributed by atoms with van der Waals surface area (Å²) in [5, 5.41) is 12.6. The van der Waals surface area contributed by atoms with Gasteiger partial charge in [-0.1, -0.05) is 23.5 Å². The van der Waals surface area contributed by atoms with Crippen molar-refractivity contribution in [3.8, 4) is 11.3 Å². The molecule has 4 aromatic rings. The minimum absolute atomic E-state index is 0.225. The number of nitrogens with zero attached hydrogens (tertiary/aromatic N) is 3. The Balaban J connectivity index is 1.51. The van der Waals surface area contributed by atoms with E-state index >= 15 is 0 Å². The highest BCUT2D eigenvalue weighted by atomic mass is 32.1. The van der Waals surface area contributed by atoms with Crippen molar-refractivity contribution in [3.63, 3.8) is 0 Å². The number of anilines is 1. The molecule has 0 atom stereocenters. The van der Waals surface area contributed by atoms with Gasteiger partial charge in [0, 0.05) is 17.5 Å². The lowest BCUT2D eigenvalue weighted by atomic mass is 10.2. The van der Waals surface area contributed by atoms with E-state index in [1.807, 2.05) is 17.6 Å². The van der Waals surface area contributed by atoms with Crippen LogP contribution in [0.15, 0.2) is 47.3 Å². The molecule has 0 saturated carbocycles. The second-order valence-corrected chi connectivity index (χ2v) is 6.49. The third kappa shape index (κ3) is 2.60. The molecule has 3 heterocycles. The van der Waals surface area contributed by atoms with Crippen LogP contribution in [-0.2, 0) is 6.54 Å². The van der Waals surface area contributed by atoms with Crippen molar-refractivity contribution in [1.29, 1.82) is 0 Å². The number of nitrogens with one attached hydrogen (secondary N) is 1. The largest absolute Gasteiger partial charge is 0.356 e. The Morgan fingerprint density at radius 2 is 2.05 bits per heavy atom. The van der Waals surface area contributed by atoms with Crippen LogP contribution in [-0.4, -0.2) is 14.6 Å². The molecule has 4 nitrogen and oxygen atoms in total. The number of rotatable bonds is 4. The first-order chi connectivity index (χ1) is 10.8. The third-order valence-electron chi connectivity index (χ3n) is 3.22. The molecule has 0 fully saturated rings. The van der Waals surface area contributed by atoms with E-state index in [9.17, 15) is 4.39 Å². The number of thiophene rings is 1. The number of fused-ring (bicyclic) bond motifs is 1. The molecular weight excluding hydrogens is 319 g/mol. The number of aromatic nitrogens is 3. The molecule has 0 bridgehead atoms. The molecule has 0 spiro atoms. The molecule has 4 rings (SSSR count). The van der Waals surface area contributed by atoms with Crippen LogP contribution in [0.5, 0.6) is 0 Å². The second-order valence-electron chi connectivity index (χ2n) is 4.75. The highest BCUT2D eigenvalue weighted by molar-refractivity contribution is 7.20. The molecule has 110 valence electrons. The lowest BCUT2D eigenvalue weighted by molar-refractivity contribution is 0.627. The van der Waals surface area contributed by atoms with Crippen molar-refractivity contribution in [3.05, 3.63) is 58.7 Å². The van der Waals surface area contributed by atoms with Gasteiger partial charge < -0.3 is 5.32 Å². The Labute approximate surface area is 133 Å². The first kappa shape index (κ1) is 13.4. The molecule has 0 aliphatic carbocycles. The van der Waals surface area contributed by atoms with E-state index in [1.54, 1.807) is 28.0 Å². The average molecular weight is 330 g/mol. The van der Waals surface area contributed by atoms with Crippen LogP contribution in [0.25, 0.3) is 16.2 Å². The summed E-state index contributed by atoms with van der Waals surface area (Å²) < 4.78 is 14.6. The molecule has 1 aromatic carbocycles. The zero-order valence-electron chi connectivity index (χ0n) is 11.4. The molecule has 1 N–H and O–H groups in total. The van der Waals surface area contributed by atoms with Crippen LogP contribution in [0, 0.1) is 5.82 Å². The maximum atomic E-state index is 12.9. The van der Waals surface area contributed by atoms with Gasteiger partial charge in [-0.3, -0.25) is 0 Å². The molecule has 0 aliphatic heterocycles. The molecule has 3 aromatic heterocycles. The van der Waals surface area contributed by atoms with Crippen molar-refractivity contribution >= 4 is 32.8 Å². The first-order valence-corrected chi connectivity index (χ1v) is 8.41. The summed E-state index contributed by atoms with van der Waals surface area (Å²) in [5.41, 5.74) is 3.06. The highest BCUT2D eigenvalue weighted by Crippen LogP contribution is 2.25. The van der Waals surface area contributed by atoms with Gasteiger partial charge in [-0.25, -0.2) is 13.9 Å². The zero-order valence-corrected chi connectivity index (χ0v) is 13.0.